The molecule has 0 spiro atoms. The molecule has 0 radical (unpaired) electrons. The summed E-state index contributed by atoms with van der Waals surface area (Å²) in [6.07, 6.45) is 1.75. The minimum absolute atomic E-state index is 0.0702. The number of ether oxygens (including phenoxy) is 1. The normalized spacial score (nSPS) is 16.5. The zero-order valence-electron chi connectivity index (χ0n) is 14.9. The summed E-state index contributed by atoms with van der Waals surface area (Å²) >= 11 is 0. The summed E-state index contributed by atoms with van der Waals surface area (Å²) in [5.74, 6) is 0.813. The highest BCUT2D eigenvalue weighted by Crippen LogP contribution is 2.33. The second-order valence-corrected chi connectivity index (χ2v) is 6.51. The molecule has 1 aliphatic rings. The van der Waals surface area contributed by atoms with Crippen LogP contribution < -0.4 is 4.74 Å². The number of aromatic nitrogens is 1. The molecule has 1 amide bonds. The van der Waals surface area contributed by atoms with Gasteiger partial charge in [0.2, 0.25) is 0 Å². The molecule has 1 saturated heterocycles. The Morgan fingerprint density at radius 2 is 1.93 bits per heavy atom. The molecule has 0 unspecified atom stereocenters. The van der Waals surface area contributed by atoms with Gasteiger partial charge in [-0.2, -0.15) is 0 Å². The van der Waals surface area contributed by atoms with Crippen molar-refractivity contribution in [2.75, 3.05) is 13.7 Å². The van der Waals surface area contributed by atoms with E-state index in [1.54, 1.807) is 30.2 Å². The third-order valence-electron chi connectivity index (χ3n) is 4.87. The standard InChI is InChI=1S/C21H19FN2O3/c1-26-17-10-6-15(7-11-17)20-13-18(23-27-20)21(25)24-12-2-3-19(24)14-4-8-16(22)9-5-14/h4-11,13,19H,2-3,12H2,1H3/t19-/m0/s1. The summed E-state index contributed by atoms with van der Waals surface area (Å²) < 4.78 is 23.7. The molecule has 0 N–H and O–H groups in total. The Labute approximate surface area is 156 Å². The summed E-state index contributed by atoms with van der Waals surface area (Å²) in [7, 11) is 1.60. The molecule has 4 rings (SSSR count). The Kier molecular flexibility index (Phi) is 4.62. The van der Waals surface area contributed by atoms with Crippen molar-refractivity contribution in [3.8, 4) is 17.1 Å². The molecule has 0 aliphatic carbocycles. The second kappa shape index (κ2) is 7.23. The number of hydrogen-bond donors (Lipinski definition) is 0. The molecule has 1 aromatic heterocycles. The number of carbonyl (C=O) groups excluding carboxylic acids is 1. The quantitative estimate of drug-likeness (QED) is 0.684. The van der Waals surface area contributed by atoms with Gasteiger partial charge in [-0.1, -0.05) is 17.3 Å². The number of halogens is 1. The summed E-state index contributed by atoms with van der Waals surface area (Å²) in [4.78, 5) is 14.7. The third kappa shape index (κ3) is 3.43. The van der Waals surface area contributed by atoms with Gasteiger partial charge in [-0.15, -0.1) is 0 Å². The number of rotatable bonds is 4. The monoisotopic (exact) mass is 366 g/mol. The van der Waals surface area contributed by atoms with Crippen LogP contribution in [0.2, 0.25) is 0 Å². The number of nitrogens with zero attached hydrogens (tertiary/aromatic N) is 2. The van der Waals surface area contributed by atoms with Crippen LogP contribution >= 0.6 is 0 Å². The van der Waals surface area contributed by atoms with Crippen molar-refractivity contribution in [3.63, 3.8) is 0 Å². The Balaban J connectivity index is 1.55. The number of hydrogen-bond acceptors (Lipinski definition) is 4. The van der Waals surface area contributed by atoms with Crippen LogP contribution in [0.5, 0.6) is 5.75 Å². The molecule has 0 saturated carbocycles. The number of likely N-dealkylation sites (tertiary alicyclic amines) is 1. The molecule has 5 nitrogen and oxygen atoms in total. The molecule has 2 aromatic carbocycles. The lowest BCUT2D eigenvalue weighted by Gasteiger charge is -2.24. The SMILES string of the molecule is COc1ccc(-c2cc(C(=O)N3CCC[C@H]3c3ccc(F)cc3)no2)cc1. The molecule has 1 fully saturated rings. The van der Waals surface area contributed by atoms with Crippen molar-refractivity contribution in [2.24, 2.45) is 0 Å². The maximum atomic E-state index is 13.2. The fraction of sp³-hybridized carbons (Fsp3) is 0.238. The van der Waals surface area contributed by atoms with E-state index >= 15 is 0 Å². The highest BCUT2D eigenvalue weighted by atomic mass is 19.1. The van der Waals surface area contributed by atoms with Crippen molar-refractivity contribution in [1.29, 1.82) is 0 Å². The molecule has 2 heterocycles. The van der Waals surface area contributed by atoms with Crippen LogP contribution in [0, 0.1) is 5.82 Å². The number of amides is 1. The lowest BCUT2D eigenvalue weighted by atomic mass is 10.0. The maximum Gasteiger partial charge on any atom is 0.276 e. The van der Waals surface area contributed by atoms with Gasteiger partial charge in [-0.3, -0.25) is 4.79 Å². The molecule has 27 heavy (non-hydrogen) atoms. The minimum atomic E-state index is -0.282. The van der Waals surface area contributed by atoms with Crippen LogP contribution in [0.15, 0.2) is 59.1 Å². The van der Waals surface area contributed by atoms with Gasteiger partial charge < -0.3 is 14.2 Å². The Hall–Kier alpha value is -3.15. The lowest BCUT2D eigenvalue weighted by molar-refractivity contribution is 0.0725. The number of methoxy groups -OCH3 is 1. The van der Waals surface area contributed by atoms with Crippen LogP contribution in [0.25, 0.3) is 11.3 Å². The fourth-order valence-corrected chi connectivity index (χ4v) is 3.46. The lowest BCUT2D eigenvalue weighted by Crippen LogP contribution is -2.30. The predicted molar refractivity (Wildman–Crippen MR) is 97.9 cm³/mol. The maximum absolute atomic E-state index is 13.2. The molecular weight excluding hydrogens is 347 g/mol. The van der Waals surface area contributed by atoms with E-state index in [0.717, 1.165) is 29.7 Å². The first kappa shape index (κ1) is 17.3. The molecule has 1 atom stereocenters. The third-order valence-corrected chi connectivity index (χ3v) is 4.87. The average Bonchev–Trinajstić information content (AvgIpc) is 3.38. The minimum Gasteiger partial charge on any atom is -0.497 e. The summed E-state index contributed by atoms with van der Waals surface area (Å²) in [5, 5.41) is 3.96. The van der Waals surface area contributed by atoms with E-state index in [9.17, 15) is 9.18 Å². The smallest absolute Gasteiger partial charge is 0.276 e. The van der Waals surface area contributed by atoms with E-state index in [1.165, 1.54) is 12.1 Å². The van der Waals surface area contributed by atoms with Gasteiger partial charge in [0.05, 0.1) is 13.2 Å². The van der Waals surface area contributed by atoms with E-state index in [4.69, 9.17) is 9.26 Å². The first-order chi connectivity index (χ1) is 13.2. The zero-order chi connectivity index (χ0) is 18.8. The number of benzene rings is 2. The molecule has 138 valence electrons. The van der Waals surface area contributed by atoms with E-state index < -0.39 is 0 Å². The van der Waals surface area contributed by atoms with Crippen molar-refractivity contribution >= 4 is 5.91 Å². The van der Waals surface area contributed by atoms with Gasteiger partial charge in [-0.05, 0) is 54.8 Å². The Morgan fingerprint density at radius 3 is 2.63 bits per heavy atom. The van der Waals surface area contributed by atoms with Gasteiger partial charge >= 0.3 is 0 Å². The van der Waals surface area contributed by atoms with Crippen LogP contribution in [0.4, 0.5) is 4.39 Å². The predicted octanol–water partition coefficient (Wildman–Crippen LogP) is 4.47. The van der Waals surface area contributed by atoms with Crippen LogP contribution in [0.3, 0.4) is 0 Å². The van der Waals surface area contributed by atoms with Gasteiger partial charge in [0, 0.05) is 18.2 Å². The zero-order valence-corrected chi connectivity index (χ0v) is 14.9. The van der Waals surface area contributed by atoms with Crippen molar-refractivity contribution < 1.29 is 18.4 Å². The van der Waals surface area contributed by atoms with Crippen LogP contribution in [-0.4, -0.2) is 29.6 Å². The molecule has 6 heteroatoms. The highest BCUT2D eigenvalue weighted by Gasteiger charge is 2.32. The van der Waals surface area contributed by atoms with E-state index in [-0.39, 0.29) is 23.5 Å². The molecule has 3 aromatic rings. The molecule has 0 bridgehead atoms. The van der Waals surface area contributed by atoms with Gasteiger partial charge in [0.25, 0.3) is 5.91 Å². The largest absolute Gasteiger partial charge is 0.497 e. The summed E-state index contributed by atoms with van der Waals surface area (Å²) in [6, 6.07) is 15.3. The van der Waals surface area contributed by atoms with Crippen molar-refractivity contribution in [1.82, 2.24) is 10.1 Å². The second-order valence-electron chi connectivity index (χ2n) is 6.51. The van der Waals surface area contributed by atoms with Crippen LogP contribution in [-0.2, 0) is 0 Å². The summed E-state index contributed by atoms with van der Waals surface area (Å²) in [6.45, 7) is 0.644. The van der Waals surface area contributed by atoms with E-state index in [0.29, 0.717) is 12.3 Å². The van der Waals surface area contributed by atoms with Crippen molar-refractivity contribution in [2.45, 2.75) is 18.9 Å². The first-order valence-electron chi connectivity index (χ1n) is 8.83. The average molecular weight is 366 g/mol. The summed E-state index contributed by atoms with van der Waals surface area (Å²) in [5.41, 5.74) is 2.02. The highest BCUT2D eigenvalue weighted by molar-refractivity contribution is 5.93. The molecular formula is C21H19FN2O3. The topological polar surface area (TPSA) is 55.6 Å². The fourth-order valence-electron chi connectivity index (χ4n) is 3.46. The van der Waals surface area contributed by atoms with E-state index in [1.807, 2.05) is 24.3 Å². The van der Waals surface area contributed by atoms with Gasteiger partial charge in [-0.25, -0.2) is 4.39 Å². The van der Waals surface area contributed by atoms with Gasteiger partial charge in [0.1, 0.15) is 11.6 Å². The Morgan fingerprint density at radius 1 is 1.19 bits per heavy atom. The van der Waals surface area contributed by atoms with Crippen molar-refractivity contribution in [3.05, 3.63) is 71.7 Å². The molecule has 1 aliphatic heterocycles. The van der Waals surface area contributed by atoms with Gasteiger partial charge in [0.15, 0.2) is 11.5 Å². The Bertz CT molecular complexity index is 935. The van der Waals surface area contributed by atoms with Crippen LogP contribution in [0.1, 0.15) is 34.9 Å². The number of carbonyl (C=O) groups is 1. The van der Waals surface area contributed by atoms with E-state index in [2.05, 4.69) is 5.16 Å². The first-order valence-corrected chi connectivity index (χ1v) is 8.83.